The molecule has 0 aromatic carbocycles. The first-order valence-electron chi connectivity index (χ1n) is 5.69. The minimum Gasteiger partial charge on any atom is -0.465 e. The summed E-state index contributed by atoms with van der Waals surface area (Å²) in [6, 6.07) is 4.00. The Hall–Kier alpha value is -0.840. The summed E-state index contributed by atoms with van der Waals surface area (Å²) in [5, 5.41) is 9.25. The zero-order valence-electron chi connectivity index (χ0n) is 10.3. The molecule has 1 heterocycles. The van der Waals surface area contributed by atoms with Crippen LogP contribution in [0.1, 0.15) is 30.9 Å². The van der Waals surface area contributed by atoms with E-state index < -0.39 is 0 Å². The topological polar surface area (TPSA) is 62.6 Å². The molecule has 0 saturated heterocycles. The summed E-state index contributed by atoms with van der Waals surface area (Å²) < 4.78 is 5.58. The second kappa shape index (κ2) is 6.03. The van der Waals surface area contributed by atoms with E-state index in [1.54, 1.807) is 6.92 Å². The van der Waals surface area contributed by atoms with Gasteiger partial charge in [0, 0.05) is 13.1 Å². The molecule has 0 aliphatic carbocycles. The van der Waals surface area contributed by atoms with Crippen LogP contribution >= 0.6 is 0 Å². The molecule has 4 heteroatoms. The Bertz CT molecular complexity index is 310. The molecule has 1 aromatic rings. The Kier molecular flexibility index (Phi) is 4.99. The summed E-state index contributed by atoms with van der Waals surface area (Å²) in [6.07, 6.45) is 0.464. The highest BCUT2D eigenvalue weighted by molar-refractivity contribution is 5.10. The van der Waals surface area contributed by atoms with Gasteiger partial charge >= 0.3 is 0 Å². The Morgan fingerprint density at radius 2 is 2.19 bits per heavy atom. The normalized spacial score (nSPS) is 15.4. The molecule has 1 rings (SSSR count). The number of rotatable bonds is 6. The maximum absolute atomic E-state index is 9.25. The van der Waals surface area contributed by atoms with Crippen molar-refractivity contribution in [1.82, 2.24) is 4.90 Å². The molecular weight excluding hydrogens is 204 g/mol. The zero-order valence-corrected chi connectivity index (χ0v) is 10.3. The zero-order chi connectivity index (χ0) is 12.1. The lowest BCUT2D eigenvalue weighted by atomic mass is 10.2. The summed E-state index contributed by atoms with van der Waals surface area (Å²) in [4.78, 5) is 2.12. The molecule has 0 fully saturated rings. The van der Waals surface area contributed by atoms with E-state index in [2.05, 4.69) is 4.90 Å². The summed E-state index contributed by atoms with van der Waals surface area (Å²) in [6.45, 7) is 5.04. The predicted molar refractivity (Wildman–Crippen MR) is 64.2 cm³/mol. The number of aliphatic hydroxyl groups is 1. The van der Waals surface area contributed by atoms with Crippen molar-refractivity contribution in [1.29, 1.82) is 0 Å². The van der Waals surface area contributed by atoms with Crippen LogP contribution in [-0.4, -0.2) is 36.2 Å². The quantitative estimate of drug-likeness (QED) is 0.767. The van der Waals surface area contributed by atoms with E-state index in [0.29, 0.717) is 6.54 Å². The molecule has 3 N–H and O–H groups in total. The van der Waals surface area contributed by atoms with E-state index in [9.17, 15) is 5.11 Å². The van der Waals surface area contributed by atoms with Crippen LogP contribution < -0.4 is 5.73 Å². The summed E-state index contributed by atoms with van der Waals surface area (Å²) in [7, 11) is 2.00. The average molecular weight is 226 g/mol. The largest absolute Gasteiger partial charge is 0.465 e. The number of nitrogens with zero attached hydrogens (tertiary/aromatic N) is 1. The van der Waals surface area contributed by atoms with Gasteiger partial charge in [-0.25, -0.2) is 0 Å². The molecule has 0 aliphatic heterocycles. The Morgan fingerprint density at radius 3 is 2.62 bits per heavy atom. The van der Waals surface area contributed by atoms with Crippen molar-refractivity contribution in [2.24, 2.45) is 5.73 Å². The molecule has 0 spiro atoms. The fraction of sp³-hybridized carbons (Fsp3) is 0.667. The standard InChI is InChI=1S/C12H22N2O2/c1-9(15)6-7-14(3)11(8-13)12-5-4-10(2)16-12/h4-5,9,11,15H,6-8,13H2,1-3H3. The number of hydrogen-bond acceptors (Lipinski definition) is 4. The van der Waals surface area contributed by atoms with Gasteiger partial charge in [0.1, 0.15) is 11.5 Å². The minimum absolute atomic E-state index is 0.0902. The van der Waals surface area contributed by atoms with Crippen LogP contribution in [0.3, 0.4) is 0 Å². The van der Waals surface area contributed by atoms with Gasteiger partial charge in [-0.2, -0.15) is 0 Å². The lowest BCUT2D eigenvalue weighted by molar-refractivity contribution is 0.144. The second-order valence-electron chi connectivity index (χ2n) is 4.32. The smallest absolute Gasteiger partial charge is 0.122 e. The van der Waals surface area contributed by atoms with Crippen molar-refractivity contribution in [3.63, 3.8) is 0 Å². The van der Waals surface area contributed by atoms with Crippen LogP contribution in [0.5, 0.6) is 0 Å². The summed E-state index contributed by atoms with van der Waals surface area (Å²) in [5.74, 6) is 1.80. The molecule has 0 aliphatic rings. The Balaban J connectivity index is 2.59. The highest BCUT2D eigenvalue weighted by Gasteiger charge is 2.18. The van der Waals surface area contributed by atoms with Gasteiger partial charge in [-0.15, -0.1) is 0 Å². The fourth-order valence-electron chi connectivity index (χ4n) is 1.69. The highest BCUT2D eigenvalue weighted by Crippen LogP contribution is 2.20. The van der Waals surface area contributed by atoms with Gasteiger partial charge < -0.3 is 15.3 Å². The molecular formula is C12H22N2O2. The molecule has 2 atom stereocenters. The van der Waals surface area contributed by atoms with Gasteiger partial charge in [-0.1, -0.05) is 0 Å². The van der Waals surface area contributed by atoms with Gasteiger partial charge in [0.25, 0.3) is 0 Å². The van der Waals surface area contributed by atoms with E-state index in [0.717, 1.165) is 24.5 Å². The van der Waals surface area contributed by atoms with Crippen LogP contribution in [0, 0.1) is 6.92 Å². The first kappa shape index (κ1) is 13.2. The average Bonchev–Trinajstić information content (AvgIpc) is 2.63. The van der Waals surface area contributed by atoms with Gasteiger partial charge in [0.15, 0.2) is 0 Å². The third kappa shape index (κ3) is 3.63. The van der Waals surface area contributed by atoms with Crippen LogP contribution in [-0.2, 0) is 0 Å². The maximum Gasteiger partial charge on any atom is 0.122 e. The molecule has 16 heavy (non-hydrogen) atoms. The van der Waals surface area contributed by atoms with Crippen molar-refractivity contribution >= 4 is 0 Å². The lowest BCUT2D eigenvalue weighted by Gasteiger charge is -2.25. The summed E-state index contributed by atoms with van der Waals surface area (Å²) in [5.41, 5.74) is 5.76. The Morgan fingerprint density at radius 1 is 1.50 bits per heavy atom. The third-order valence-corrected chi connectivity index (χ3v) is 2.74. The van der Waals surface area contributed by atoms with Crippen molar-refractivity contribution in [3.05, 3.63) is 23.7 Å². The van der Waals surface area contributed by atoms with E-state index in [-0.39, 0.29) is 12.1 Å². The number of aryl methyl sites for hydroxylation is 1. The van der Waals surface area contributed by atoms with Gasteiger partial charge in [-0.05, 0) is 39.4 Å². The second-order valence-corrected chi connectivity index (χ2v) is 4.32. The molecule has 0 bridgehead atoms. The number of nitrogens with two attached hydrogens (primary N) is 1. The SMILES string of the molecule is Cc1ccc(C(CN)N(C)CCC(C)O)o1. The number of furan rings is 1. The Labute approximate surface area is 97.0 Å². The highest BCUT2D eigenvalue weighted by atomic mass is 16.3. The molecule has 1 aromatic heterocycles. The molecule has 0 radical (unpaired) electrons. The monoisotopic (exact) mass is 226 g/mol. The molecule has 4 nitrogen and oxygen atoms in total. The number of likely N-dealkylation sites (N-methyl/N-ethyl adjacent to an activating group) is 1. The predicted octanol–water partition coefficient (Wildman–Crippen LogP) is 1.29. The van der Waals surface area contributed by atoms with Gasteiger partial charge in [0.2, 0.25) is 0 Å². The number of aliphatic hydroxyl groups excluding tert-OH is 1. The van der Waals surface area contributed by atoms with E-state index in [4.69, 9.17) is 10.2 Å². The fourth-order valence-corrected chi connectivity index (χ4v) is 1.69. The van der Waals surface area contributed by atoms with Crippen molar-refractivity contribution in [2.75, 3.05) is 20.1 Å². The maximum atomic E-state index is 9.25. The van der Waals surface area contributed by atoms with Gasteiger partial charge in [0.05, 0.1) is 12.1 Å². The van der Waals surface area contributed by atoms with Crippen molar-refractivity contribution in [3.8, 4) is 0 Å². The minimum atomic E-state index is -0.279. The van der Waals surface area contributed by atoms with E-state index in [1.807, 2.05) is 26.1 Å². The van der Waals surface area contributed by atoms with Crippen LogP contribution in [0.2, 0.25) is 0 Å². The first-order chi connectivity index (χ1) is 7.54. The molecule has 2 unspecified atom stereocenters. The van der Waals surface area contributed by atoms with Crippen molar-refractivity contribution < 1.29 is 9.52 Å². The third-order valence-electron chi connectivity index (χ3n) is 2.74. The van der Waals surface area contributed by atoms with E-state index in [1.165, 1.54) is 0 Å². The van der Waals surface area contributed by atoms with Gasteiger partial charge in [-0.3, -0.25) is 4.90 Å². The number of hydrogen-bond donors (Lipinski definition) is 2. The van der Waals surface area contributed by atoms with Crippen LogP contribution in [0.25, 0.3) is 0 Å². The molecule has 92 valence electrons. The lowest BCUT2D eigenvalue weighted by Crippen LogP contribution is -2.32. The van der Waals surface area contributed by atoms with Crippen molar-refractivity contribution in [2.45, 2.75) is 32.4 Å². The van der Waals surface area contributed by atoms with E-state index >= 15 is 0 Å². The van der Waals surface area contributed by atoms with Crippen LogP contribution in [0.15, 0.2) is 16.5 Å². The molecule has 0 saturated carbocycles. The molecule has 0 amide bonds. The first-order valence-corrected chi connectivity index (χ1v) is 5.69. The summed E-state index contributed by atoms with van der Waals surface area (Å²) >= 11 is 0. The van der Waals surface area contributed by atoms with Crippen LogP contribution in [0.4, 0.5) is 0 Å².